The largest absolute Gasteiger partial charge is 0.361 e. The van der Waals surface area contributed by atoms with E-state index in [2.05, 4.69) is 20.9 Å². The summed E-state index contributed by atoms with van der Waals surface area (Å²) in [7, 11) is 4.80. The Labute approximate surface area is 439 Å². The number of hydrogen-bond acceptors (Lipinski definition) is 13. The standard InChI is InChI=1S/C60H44N6O11/c1-61-56(73)46-15-12-34(20-44(46)31-69)54(71)36-7-11-41(30-68)49(22-36)58(75)63-51-17-14-45(24-52(51)65-27-39-9-5-33(19-43(39)28-65)53(70)32-4-8-38-25-64(3)26-42(38)18-32)66-59(76)47-16-13-37(23-50(47)60(66)77)55(72)35-6-10-40(29-67)48(21-35)57(74)62-2/h4-24,29-31H,25-28H2,1-3H3,(H,61,73)(H,62,74)(H,63,75). The molecule has 3 aliphatic heterocycles. The smallest absolute Gasteiger partial charge is 0.266 e. The van der Waals surface area contributed by atoms with Crippen LogP contribution in [-0.4, -0.2) is 91.8 Å². The molecular weight excluding hydrogens is 981 g/mol. The molecule has 0 fully saturated rings. The fraction of sp³-hybridized carbons (Fsp3) is 0.117. The first-order valence-corrected chi connectivity index (χ1v) is 24.1. The Kier molecular flexibility index (Phi) is 13.3. The summed E-state index contributed by atoms with van der Waals surface area (Å²) < 4.78 is 0. The lowest BCUT2D eigenvalue weighted by Gasteiger charge is -2.24. The highest BCUT2D eigenvalue weighted by atomic mass is 16.2. The van der Waals surface area contributed by atoms with Crippen molar-refractivity contribution in [1.82, 2.24) is 15.5 Å². The predicted octanol–water partition coefficient (Wildman–Crippen LogP) is 7.05. The molecule has 0 aliphatic carbocycles. The lowest BCUT2D eigenvalue weighted by Crippen LogP contribution is -2.30. The van der Waals surface area contributed by atoms with Crippen molar-refractivity contribution in [3.8, 4) is 0 Å². The third-order valence-corrected chi connectivity index (χ3v) is 14.0. The number of ketones is 3. The molecule has 380 valence electrons. The second-order valence-corrected chi connectivity index (χ2v) is 18.8. The van der Waals surface area contributed by atoms with Gasteiger partial charge >= 0.3 is 0 Å². The molecular formula is C60H44N6O11. The average molecular weight is 1030 g/mol. The molecule has 0 saturated heterocycles. The number of anilines is 3. The van der Waals surface area contributed by atoms with Gasteiger partial charge in [0, 0.05) is 95.9 Å². The van der Waals surface area contributed by atoms with Crippen LogP contribution in [0.4, 0.5) is 17.1 Å². The van der Waals surface area contributed by atoms with E-state index in [1.54, 1.807) is 12.1 Å². The Morgan fingerprint density at radius 3 is 1.52 bits per heavy atom. The predicted molar refractivity (Wildman–Crippen MR) is 282 cm³/mol. The Morgan fingerprint density at radius 1 is 0.442 bits per heavy atom. The minimum atomic E-state index is -0.800. The van der Waals surface area contributed by atoms with Crippen molar-refractivity contribution < 1.29 is 52.7 Å². The van der Waals surface area contributed by atoms with Crippen LogP contribution in [0.5, 0.6) is 0 Å². The lowest BCUT2D eigenvalue weighted by molar-refractivity contribution is 0.0919. The van der Waals surface area contributed by atoms with Crippen molar-refractivity contribution in [3.63, 3.8) is 0 Å². The maximum atomic E-state index is 14.5. The van der Waals surface area contributed by atoms with Gasteiger partial charge in [-0.2, -0.15) is 0 Å². The molecule has 17 nitrogen and oxygen atoms in total. The molecule has 3 heterocycles. The highest BCUT2D eigenvalue weighted by molar-refractivity contribution is 6.35. The van der Waals surface area contributed by atoms with Gasteiger partial charge in [0.1, 0.15) is 0 Å². The first-order chi connectivity index (χ1) is 37.1. The van der Waals surface area contributed by atoms with E-state index in [-0.39, 0.29) is 97.0 Å². The van der Waals surface area contributed by atoms with E-state index < -0.39 is 41.1 Å². The van der Waals surface area contributed by atoms with Crippen molar-refractivity contribution in [1.29, 1.82) is 0 Å². The van der Waals surface area contributed by atoms with Crippen LogP contribution in [0.1, 0.15) is 153 Å². The number of nitrogens with one attached hydrogen (secondary N) is 3. The van der Waals surface area contributed by atoms with Crippen LogP contribution in [0, 0.1) is 0 Å². The molecule has 7 aromatic carbocycles. The topological polar surface area (TPSA) is 234 Å². The van der Waals surface area contributed by atoms with E-state index in [1.807, 2.05) is 42.3 Å². The van der Waals surface area contributed by atoms with Gasteiger partial charge in [-0.25, -0.2) is 4.90 Å². The number of fused-ring (bicyclic) bond motifs is 3. The maximum absolute atomic E-state index is 14.5. The number of imide groups is 1. The third-order valence-electron chi connectivity index (χ3n) is 14.0. The summed E-state index contributed by atoms with van der Waals surface area (Å²) in [5, 5.41) is 7.76. The molecule has 0 saturated carbocycles. The van der Waals surface area contributed by atoms with E-state index in [4.69, 9.17) is 0 Å². The summed E-state index contributed by atoms with van der Waals surface area (Å²) >= 11 is 0. The monoisotopic (exact) mass is 1020 g/mol. The van der Waals surface area contributed by atoms with Crippen LogP contribution in [-0.2, 0) is 26.2 Å². The second kappa shape index (κ2) is 20.3. The number of aldehydes is 3. The van der Waals surface area contributed by atoms with Gasteiger partial charge in [-0.3, -0.25) is 57.6 Å². The van der Waals surface area contributed by atoms with Crippen LogP contribution in [0.15, 0.2) is 127 Å². The average Bonchev–Trinajstić information content (AvgIpc) is 4.17. The SMILES string of the molecule is CNC(=O)c1ccc(C(=O)c2ccc(C=O)c(C(=O)Nc3ccc(N4C(=O)c5ccc(C(=O)c6ccc(C=O)c(C(=O)NC)c6)cc5C4=O)cc3N3Cc4ccc(C(=O)c5ccc6c(c5)CN(C)C6)cc4C3)c2)cc1C=O. The Hall–Kier alpha value is -10.1. The molecule has 77 heavy (non-hydrogen) atoms. The minimum absolute atomic E-state index is 0.00615. The van der Waals surface area contributed by atoms with Crippen LogP contribution < -0.4 is 25.8 Å². The van der Waals surface area contributed by atoms with E-state index in [0.29, 0.717) is 35.7 Å². The molecule has 17 heteroatoms. The molecule has 0 aromatic heterocycles. The van der Waals surface area contributed by atoms with Gasteiger partial charge in [-0.1, -0.05) is 60.7 Å². The zero-order chi connectivity index (χ0) is 54.4. The highest BCUT2D eigenvalue weighted by Crippen LogP contribution is 2.40. The van der Waals surface area contributed by atoms with Gasteiger partial charge in [0.25, 0.3) is 29.5 Å². The van der Waals surface area contributed by atoms with Gasteiger partial charge in [-0.05, 0) is 96.0 Å². The zero-order valence-corrected chi connectivity index (χ0v) is 41.5. The molecule has 0 bridgehead atoms. The molecule has 0 atom stereocenters. The first kappa shape index (κ1) is 50.4. The minimum Gasteiger partial charge on any atom is -0.361 e. The van der Waals surface area contributed by atoms with Gasteiger partial charge in [0.15, 0.2) is 36.2 Å². The summed E-state index contributed by atoms with van der Waals surface area (Å²) in [6.45, 7) is 2.00. The number of benzene rings is 7. The number of carbonyl (C=O) groups excluding carboxylic acids is 11. The molecule has 3 N–H and O–H groups in total. The van der Waals surface area contributed by atoms with Gasteiger partial charge < -0.3 is 20.9 Å². The normalized spacial score (nSPS) is 13.3. The van der Waals surface area contributed by atoms with Crippen molar-refractivity contribution in [2.75, 3.05) is 36.3 Å². The van der Waals surface area contributed by atoms with E-state index in [1.165, 1.54) is 105 Å². The highest BCUT2D eigenvalue weighted by Gasteiger charge is 2.38. The zero-order valence-electron chi connectivity index (χ0n) is 41.5. The molecule has 0 spiro atoms. The molecule has 10 rings (SSSR count). The van der Waals surface area contributed by atoms with Crippen LogP contribution in [0.2, 0.25) is 0 Å². The lowest BCUT2D eigenvalue weighted by atomic mass is 9.95. The van der Waals surface area contributed by atoms with Crippen molar-refractivity contribution in [2.24, 2.45) is 0 Å². The van der Waals surface area contributed by atoms with Crippen molar-refractivity contribution >= 4 is 82.8 Å². The number of amides is 5. The maximum Gasteiger partial charge on any atom is 0.266 e. The van der Waals surface area contributed by atoms with Crippen molar-refractivity contribution in [2.45, 2.75) is 26.2 Å². The number of hydrogen-bond donors (Lipinski definition) is 3. The quantitative estimate of drug-likeness (QED) is 0.0531. The Bertz CT molecular complexity index is 3820. The third kappa shape index (κ3) is 9.20. The number of nitrogens with zero attached hydrogens (tertiary/aromatic N) is 3. The van der Waals surface area contributed by atoms with Gasteiger partial charge in [-0.15, -0.1) is 0 Å². The molecule has 0 radical (unpaired) electrons. The summed E-state index contributed by atoms with van der Waals surface area (Å²) in [5.74, 6) is -4.71. The van der Waals surface area contributed by atoms with Gasteiger partial charge in [0.2, 0.25) is 0 Å². The van der Waals surface area contributed by atoms with E-state index >= 15 is 0 Å². The van der Waals surface area contributed by atoms with E-state index in [0.717, 1.165) is 34.7 Å². The summed E-state index contributed by atoms with van der Waals surface area (Å²) in [4.78, 5) is 151. The fourth-order valence-corrected chi connectivity index (χ4v) is 10.0. The van der Waals surface area contributed by atoms with Crippen molar-refractivity contribution in [3.05, 3.63) is 228 Å². The summed E-state index contributed by atoms with van der Waals surface area (Å²) in [5.41, 5.74) is 5.44. The Morgan fingerprint density at radius 2 is 0.909 bits per heavy atom. The first-order valence-electron chi connectivity index (χ1n) is 24.1. The summed E-state index contributed by atoms with van der Waals surface area (Å²) in [6.07, 6.45) is 1.40. The molecule has 0 unspecified atom stereocenters. The van der Waals surface area contributed by atoms with Crippen LogP contribution in [0.25, 0.3) is 0 Å². The van der Waals surface area contributed by atoms with Crippen LogP contribution in [0.3, 0.4) is 0 Å². The Balaban J connectivity index is 0.985. The fourth-order valence-electron chi connectivity index (χ4n) is 10.0. The van der Waals surface area contributed by atoms with Crippen LogP contribution >= 0.6 is 0 Å². The number of carbonyl (C=O) groups is 11. The molecule has 7 aromatic rings. The number of rotatable bonds is 15. The summed E-state index contributed by atoms with van der Waals surface area (Å²) in [6, 6.07) is 31.6. The molecule has 3 aliphatic rings. The molecule has 5 amide bonds. The second-order valence-electron chi connectivity index (χ2n) is 18.8. The van der Waals surface area contributed by atoms with Gasteiger partial charge in [0.05, 0.1) is 39.3 Å². The van der Waals surface area contributed by atoms with E-state index in [9.17, 15) is 52.7 Å².